The number of hydrogen-bond acceptors (Lipinski definition) is 3. The molecule has 24 heteroatoms. The summed E-state index contributed by atoms with van der Waals surface area (Å²) in [5, 5.41) is 11.5. The van der Waals surface area contributed by atoms with Crippen molar-refractivity contribution in [3.63, 3.8) is 0 Å². The maximum atomic E-state index is 16.7. The third-order valence-electron chi connectivity index (χ3n) is 14.4. The standard InChI is InChI=1S/C60H55BF20O3/c1-3-5-7-9-11-13-15-17-19-21-23-29-25-27-30(28-26-29)83-61(82)84-60-34(38-44(66)52(74)58(80)53(75)45(38)67)32(36-40(62)48(70)56(78)49(71)41(36)63)31(24-22-20-18-16-14-12-10-8-6-4-2)33(37-42(64)50(72)57(79)51(73)43(37)65)35(60)39-46(68)54(76)59(81)55(77)47(39)69/h25-28,82H,3-24H2,1-2H3. The van der Waals surface area contributed by atoms with Crippen LogP contribution in [-0.2, 0) is 12.8 Å². The van der Waals surface area contributed by atoms with Gasteiger partial charge >= 0.3 is 7.32 Å². The lowest BCUT2D eigenvalue weighted by molar-refractivity contribution is 0.298. The molecule has 0 aliphatic heterocycles. The Morgan fingerprint density at radius 2 is 0.512 bits per heavy atom. The Morgan fingerprint density at radius 3 is 0.798 bits per heavy atom. The first-order valence-electron chi connectivity index (χ1n) is 27.4. The van der Waals surface area contributed by atoms with Gasteiger partial charge in [-0.25, -0.2) is 87.8 Å². The Hall–Kier alpha value is -6.46. The molecule has 0 spiro atoms. The molecule has 0 aromatic heterocycles. The largest absolute Gasteiger partial charge is 0.785 e. The van der Waals surface area contributed by atoms with Crippen molar-refractivity contribution in [1.82, 2.24) is 0 Å². The summed E-state index contributed by atoms with van der Waals surface area (Å²) in [7, 11) is -3.43. The van der Waals surface area contributed by atoms with E-state index >= 15 is 70.2 Å². The summed E-state index contributed by atoms with van der Waals surface area (Å²) in [6.45, 7) is 4.05. The lowest BCUT2D eigenvalue weighted by atomic mass is 9.77. The van der Waals surface area contributed by atoms with E-state index in [4.69, 9.17) is 9.31 Å². The normalized spacial score (nSPS) is 11.6. The minimum Gasteiger partial charge on any atom is -0.501 e. The van der Waals surface area contributed by atoms with Crippen LogP contribution in [0, 0.1) is 116 Å². The molecule has 0 aliphatic carbocycles. The second-order valence-electron chi connectivity index (χ2n) is 20.1. The van der Waals surface area contributed by atoms with Crippen LogP contribution in [0.3, 0.4) is 0 Å². The summed E-state index contributed by atoms with van der Waals surface area (Å²) in [5.74, 6) is -65.0. The Morgan fingerprint density at radius 1 is 0.274 bits per heavy atom. The zero-order valence-corrected chi connectivity index (χ0v) is 45.3. The summed E-state index contributed by atoms with van der Waals surface area (Å²) in [6, 6.07) is 4.90. The highest BCUT2D eigenvalue weighted by Gasteiger charge is 2.44. The summed E-state index contributed by atoms with van der Waals surface area (Å²) >= 11 is 0. The number of halogens is 20. The van der Waals surface area contributed by atoms with Gasteiger partial charge in [0.15, 0.2) is 93.1 Å². The van der Waals surface area contributed by atoms with Gasteiger partial charge in [-0.3, -0.25) is 0 Å². The van der Waals surface area contributed by atoms with Gasteiger partial charge in [-0.05, 0) is 48.9 Å². The molecule has 0 heterocycles. The van der Waals surface area contributed by atoms with Crippen molar-refractivity contribution in [2.75, 3.05) is 0 Å². The fourth-order valence-electron chi connectivity index (χ4n) is 10.1. The molecule has 0 atom stereocenters. The Labute approximate surface area is 471 Å². The van der Waals surface area contributed by atoms with E-state index in [1.165, 1.54) is 12.1 Å². The topological polar surface area (TPSA) is 38.7 Å². The summed E-state index contributed by atoms with van der Waals surface area (Å²) in [5.41, 5.74) is -21.3. The van der Waals surface area contributed by atoms with Gasteiger partial charge in [0.2, 0.25) is 23.3 Å². The number of hydrogen-bond donors (Lipinski definition) is 1. The highest BCUT2D eigenvalue weighted by atomic mass is 19.2. The van der Waals surface area contributed by atoms with E-state index in [2.05, 4.69) is 6.92 Å². The van der Waals surface area contributed by atoms with Gasteiger partial charge in [-0.1, -0.05) is 142 Å². The van der Waals surface area contributed by atoms with Gasteiger partial charge in [0.05, 0.1) is 22.3 Å². The van der Waals surface area contributed by atoms with Crippen LogP contribution in [0.25, 0.3) is 44.5 Å². The van der Waals surface area contributed by atoms with E-state index in [1.54, 1.807) is 0 Å². The Bertz CT molecular complexity index is 3040. The predicted octanol–water partition coefficient (Wildman–Crippen LogP) is 20.5. The Balaban J connectivity index is 1.73. The number of rotatable bonds is 30. The molecule has 6 aromatic rings. The van der Waals surface area contributed by atoms with Crippen molar-refractivity contribution in [2.45, 2.75) is 155 Å². The molecule has 0 radical (unpaired) electrons. The SMILES string of the molecule is CCCCCCCCCCCCc1ccc(OB(O)Oc2c(-c3c(F)c(F)c(F)c(F)c3F)c(-c3c(F)c(F)c(F)c(F)c3F)c(CCCCCCCCCCCC)c(-c3c(F)c(F)c(F)c(F)c3F)c2-c2c(F)c(F)c(F)c(F)c2F)cc1. The molecule has 6 aromatic carbocycles. The molecule has 0 unspecified atom stereocenters. The van der Waals surface area contributed by atoms with E-state index in [9.17, 15) is 22.6 Å². The van der Waals surface area contributed by atoms with Crippen LogP contribution < -0.4 is 9.31 Å². The first-order valence-corrected chi connectivity index (χ1v) is 27.4. The van der Waals surface area contributed by atoms with Crippen LogP contribution in [0.5, 0.6) is 11.5 Å². The number of unbranched alkanes of at least 4 members (excludes halogenated alkanes) is 18. The third kappa shape index (κ3) is 14.3. The molecule has 0 amide bonds. The maximum absolute atomic E-state index is 16.7. The van der Waals surface area contributed by atoms with Gasteiger partial charge < -0.3 is 14.3 Å². The van der Waals surface area contributed by atoms with Gasteiger partial charge in [-0.2, -0.15) is 0 Å². The van der Waals surface area contributed by atoms with E-state index in [0.29, 0.717) is 37.7 Å². The predicted molar refractivity (Wildman–Crippen MR) is 274 cm³/mol. The fraction of sp³-hybridized carbons (Fsp3) is 0.400. The molecule has 0 saturated carbocycles. The molecule has 3 nitrogen and oxygen atoms in total. The van der Waals surface area contributed by atoms with Crippen LogP contribution >= 0.6 is 0 Å². The summed E-state index contributed by atoms with van der Waals surface area (Å²) in [6.07, 6.45) is 12.8. The molecule has 0 fully saturated rings. The highest BCUT2D eigenvalue weighted by molar-refractivity contribution is 6.37. The lowest BCUT2D eigenvalue weighted by Gasteiger charge is -2.29. The van der Waals surface area contributed by atoms with E-state index in [1.807, 2.05) is 6.92 Å². The molecule has 6 rings (SSSR count). The molecule has 1 N–H and O–H groups in total. The van der Waals surface area contributed by atoms with E-state index in [-0.39, 0.29) is 12.8 Å². The monoisotopic (exact) mass is 1210 g/mol. The second-order valence-corrected chi connectivity index (χ2v) is 20.1. The van der Waals surface area contributed by atoms with Crippen LogP contribution in [0.15, 0.2) is 24.3 Å². The smallest absolute Gasteiger partial charge is 0.501 e. The highest BCUT2D eigenvalue weighted by Crippen LogP contribution is 2.58. The fourth-order valence-corrected chi connectivity index (χ4v) is 10.1. The lowest BCUT2D eigenvalue weighted by Crippen LogP contribution is -2.31. The Kier molecular flexibility index (Phi) is 23.9. The minimum atomic E-state index is -3.43. The molecular weight excluding hydrogens is 1160 g/mol. The summed E-state index contributed by atoms with van der Waals surface area (Å²) < 4.78 is 329. The quantitative estimate of drug-likeness (QED) is 0.0161. The van der Waals surface area contributed by atoms with Crippen LogP contribution in [0.1, 0.15) is 153 Å². The maximum Gasteiger partial charge on any atom is 0.785 e. The van der Waals surface area contributed by atoms with Crippen LogP contribution in [0.4, 0.5) is 87.8 Å². The average Bonchev–Trinajstić information content (AvgIpc) is 0.787. The van der Waals surface area contributed by atoms with Gasteiger partial charge in [0.1, 0.15) is 11.5 Å². The van der Waals surface area contributed by atoms with Crippen molar-refractivity contribution in [2.24, 2.45) is 0 Å². The zero-order chi connectivity index (χ0) is 61.9. The second kappa shape index (κ2) is 30.1. The third-order valence-corrected chi connectivity index (χ3v) is 14.4. The minimum absolute atomic E-state index is 0.0729. The van der Waals surface area contributed by atoms with Crippen molar-refractivity contribution in [3.8, 4) is 56.0 Å². The molecule has 456 valence electrons. The van der Waals surface area contributed by atoms with Gasteiger partial charge in [0, 0.05) is 22.3 Å². The van der Waals surface area contributed by atoms with Crippen molar-refractivity contribution < 1.29 is 102 Å². The number of benzene rings is 6. The van der Waals surface area contributed by atoms with Crippen LogP contribution in [0.2, 0.25) is 0 Å². The zero-order valence-electron chi connectivity index (χ0n) is 45.3. The van der Waals surface area contributed by atoms with E-state index < -0.39 is 198 Å². The molecular formula is C60H55BF20O3. The van der Waals surface area contributed by atoms with Crippen molar-refractivity contribution >= 4 is 7.32 Å². The number of aryl methyl sites for hydroxylation is 1. The first kappa shape index (κ1) is 66.7. The summed E-state index contributed by atoms with van der Waals surface area (Å²) in [4.78, 5) is 0. The van der Waals surface area contributed by atoms with Crippen molar-refractivity contribution in [3.05, 3.63) is 152 Å². The van der Waals surface area contributed by atoms with Gasteiger partial charge in [0.25, 0.3) is 0 Å². The van der Waals surface area contributed by atoms with E-state index in [0.717, 1.165) is 95.6 Å². The van der Waals surface area contributed by atoms with Crippen LogP contribution in [-0.4, -0.2) is 12.3 Å². The average molecular weight is 1210 g/mol. The van der Waals surface area contributed by atoms with Gasteiger partial charge in [-0.15, -0.1) is 0 Å². The molecule has 0 saturated heterocycles. The first-order chi connectivity index (χ1) is 40.0. The van der Waals surface area contributed by atoms with Crippen molar-refractivity contribution in [1.29, 1.82) is 0 Å². The molecule has 0 bridgehead atoms. The molecule has 84 heavy (non-hydrogen) atoms. The molecule has 0 aliphatic rings.